The van der Waals surface area contributed by atoms with Crippen LogP contribution in [0.5, 0.6) is 17.2 Å². The Balaban J connectivity index is 2.20. The van der Waals surface area contributed by atoms with Gasteiger partial charge in [0.05, 0.1) is 38.5 Å². The molecule has 1 aliphatic heterocycles. The number of aliphatic hydroxyl groups is 1. The van der Waals surface area contributed by atoms with Crippen molar-refractivity contribution in [2.24, 2.45) is 0 Å². The van der Waals surface area contributed by atoms with Crippen LogP contribution < -0.4 is 14.2 Å². The second-order valence-electron chi connectivity index (χ2n) is 7.64. The number of carbonyl (C=O) groups is 2. The summed E-state index contributed by atoms with van der Waals surface area (Å²) in [7, 11) is 8.30. The molecule has 1 amide bonds. The Kier molecular flexibility index (Phi) is 7.05. The van der Waals surface area contributed by atoms with Gasteiger partial charge in [0.15, 0.2) is 0 Å². The van der Waals surface area contributed by atoms with Gasteiger partial charge in [0.1, 0.15) is 23.0 Å². The fraction of sp³-hybridized carbons (Fsp3) is 0.333. The Hall–Kier alpha value is -3.52. The van der Waals surface area contributed by atoms with E-state index in [0.29, 0.717) is 41.5 Å². The Morgan fingerprint density at radius 3 is 2.31 bits per heavy atom. The van der Waals surface area contributed by atoms with Crippen molar-refractivity contribution in [1.82, 2.24) is 9.80 Å². The summed E-state index contributed by atoms with van der Waals surface area (Å²) in [5.74, 6) is -0.258. The number of hydrogen-bond acceptors (Lipinski definition) is 7. The molecule has 1 fully saturated rings. The summed E-state index contributed by atoms with van der Waals surface area (Å²) in [5, 5.41) is 11.3. The van der Waals surface area contributed by atoms with Gasteiger partial charge in [-0.1, -0.05) is 12.1 Å². The van der Waals surface area contributed by atoms with Gasteiger partial charge in [-0.15, -0.1) is 0 Å². The summed E-state index contributed by atoms with van der Waals surface area (Å²) < 4.78 is 16.0. The summed E-state index contributed by atoms with van der Waals surface area (Å²) in [6.07, 6.45) is 0. The number of nitrogens with zero attached hydrogens (tertiary/aromatic N) is 2. The van der Waals surface area contributed by atoms with E-state index in [1.807, 2.05) is 19.0 Å². The first kappa shape index (κ1) is 23.1. The molecule has 0 radical (unpaired) electrons. The van der Waals surface area contributed by atoms with Crippen LogP contribution >= 0.6 is 0 Å². The van der Waals surface area contributed by atoms with E-state index < -0.39 is 17.7 Å². The fourth-order valence-electron chi connectivity index (χ4n) is 3.72. The van der Waals surface area contributed by atoms with Gasteiger partial charge < -0.3 is 29.1 Å². The minimum absolute atomic E-state index is 0.00507. The van der Waals surface area contributed by atoms with E-state index in [-0.39, 0.29) is 11.3 Å². The van der Waals surface area contributed by atoms with Crippen molar-refractivity contribution < 1.29 is 28.9 Å². The average Bonchev–Trinajstić information content (AvgIpc) is 3.06. The molecular weight excluding hydrogens is 412 g/mol. The SMILES string of the molecule is COc1cccc([C@@H]2/C(=C(\O)c3ccc(OC)cc3OC)C(=O)C(=O)N2CCN(C)C)c1. The average molecular weight is 440 g/mol. The first-order chi connectivity index (χ1) is 15.3. The van der Waals surface area contributed by atoms with Crippen molar-refractivity contribution in [3.8, 4) is 17.2 Å². The normalized spacial score (nSPS) is 17.7. The van der Waals surface area contributed by atoms with Gasteiger partial charge in [0, 0.05) is 19.2 Å². The molecule has 0 saturated carbocycles. The van der Waals surface area contributed by atoms with Crippen LogP contribution in [0.15, 0.2) is 48.0 Å². The Labute approximate surface area is 187 Å². The highest BCUT2D eigenvalue weighted by atomic mass is 16.5. The largest absolute Gasteiger partial charge is 0.507 e. The lowest BCUT2D eigenvalue weighted by Gasteiger charge is -2.27. The molecule has 0 bridgehead atoms. The van der Waals surface area contributed by atoms with Crippen LogP contribution in [0.4, 0.5) is 0 Å². The third-order valence-corrected chi connectivity index (χ3v) is 5.40. The number of aliphatic hydroxyl groups excluding tert-OH is 1. The minimum Gasteiger partial charge on any atom is -0.507 e. The second kappa shape index (κ2) is 9.74. The number of rotatable bonds is 8. The van der Waals surface area contributed by atoms with E-state index in [1.165, 1.54) is 19.1 Å². The molecule has 0 spiro atoms. The van der Waals surface area contributed by atoms with Crippen LogP contribution in [0.25, 0.3) is 5.76 Å². The third kappa shape index (κ3) is 4.40. The van der Waals surface area contributed by atoms with Crippen LogP contribution in [0, 0.1) is 0 Å². The second-order valence-corrected chi connectivity index (χ2v) is 7.64. The van der Waals surface area contributed by atoms with E-state index >= 15 is 0 Å². The quantitative estimate of drug-likeness (QED) is 0.384. The summed E-state index contributed by atoms with van der Waals surface area (Å²) >= 11 is 0. The van der Waals surface area contributed by atoms with Gasteiger partial charge in [-0.3, -0.25) is 9.59 Å². The summed E-state index contributed by atoms with van der Waals surface area (Å²) in [6, 6.07) is 11.2. The van der Waals surface area contributed by atoms with Gasteiger partial charge in [-0.25, -0.2) is 0 Å². The molecule has 1 N–H and O–H groups in total. The number of benzene rings is 2. The lowest BCUT2D eigenvalue weighted by Crippen LogP contribution is -2.35. The maximum absolute atomic E-state index is 13.1. The number of carbonyl (C=O) groups excluding carboxylic acids is 2. The molecule has 0 unspecified atom stereocenters. The topological polar surface area (TPSA) is 88.5 Å². The lowest BCUT2D eigenvalue weighted by atomic mass is 9.94. The first-order valence-corrected chi connectivity index (χ1v) is 10.1. The highest BCUT2D eigenvalue weighted by Gasteiger charge is 2.46. The van der Waals surface area contributed by atoms with Crippen LogP contribution in [-0.4, -0.2) is 75.1 Å². The van der Waals surface area contributed by atoms with E-state index in [2.05, 4.69) is 0 Å². The number of methoxy groups -OCH3 is 3. The minimum atomic E-state index is -0.767. The van der Waals surface area contributed by atoms with E-state index in [4.69, 9.17) is 14.2 Å². The molecule has 1 atom stereocenters. The summed E-state index contributed by atoms with van der Waals surface area (Å²) in [4.78, 5) is 29.5. The van der Waals surface area contributed by atoms with Crippen molar-refractivity contribution in [3.05, 3.63) is 59.2 Å². The van der Waals surface area contributed by atoms with E-state index in [9.17, 15) is 14.7 Å². The molecule has 3 rings (SSSR count). The number of ketones is 1. The molecular formula is C24H28N2O6. The van der Waals surface area contributed by atoms with Crippen molar-refractivity contribution in [2.75, 3.05) is 48.5 Å². The number of likely N-dealkylation sites (tertiary alicyclic amines) is 1. The first-order valence-electron chi connectivity index (χ1n) is 10.1. The molecule has 8 heteroatoms. The zero-order valence-electron chi connectivity index (χ0n) is 18.9. The standard InChI is InChI=1S/C24H28N2O6/c1-25(2)11-12-26-21(15-7-6-8-16(13-15)30-3)20(23(28)24(26)29)22(27)18-10-9-17(31-4)14-19(18)32-5/h6-10,13-14,21,27H,11-12H2,1-5H3/b22-20+/t21-/m1/s1. The molecule has 170 valence electrons. The van der Waals surface area contributed by atoms with E-state index in [1.54, 1.807) is 49.6 Å². The van der Waals surface area contributed by atoms with Crippen molar-refractivity contribution in [3.63, 3.8) is 0 Å². The van der Waals surface area contributed by atoms with Gasteiger partial charge >= 0.3 is 0 Å². The van der Waals surface area contributed by atoms with E-state index in [0.717, 1.165) is 0 Å². The summed E-state index contributed by atoms with van der Waals surface area (Å²) in [5.41, 5.74) is 0.966. The monoisotopic (exact) mass is 440 g/mol. The third-order valence-electron chi connectivity index (χ3n) is 5.40. The molecule has 0 aliphatic carbocycles. The maximum Gasteiger partial charge on any atom is 0.295 e. The molecule has 1 heterocycles. The zero-order chi connectivity index (χ0) is 23.4. The Morgan fingerprint density at radius 1 is 1.00 bits per heavy atom. The zero-order valence-corrected chi connectivity index (χ0v) is 18.9. The predicted octanol–water partition coefficient (Wildman–Crippen LogP) is 2.70. The number of Topliss-reactive ketones (excluding diaryl/α,β-unsaturated/α-hetero) is 1. The molecule has 0 aromatic heterocycles. The van der Waals surface area contributed by atoms with Crippen LogP contribution in [0.2, 0.25) is 0 Å². The van der Waals surface area contributed by atoms with Gasteiger partial charge in [-0.2, -0.15) is 0 Å². The number of ether oxygens (including phenoxy) is 3. The molecule has 8 nitrogen and oxygen atoms in total. The Morgan fingerprint density at radius 2 is 1.69 bits per heavy atom. The smallest absolute Gasteiger partial charge is 0.295 e. The van der Waals surface area contributed by atoms with Gasteiger partial charge in [0.25, 0.3) is 11.7 Å². The summed E-state index contributed by atoms with van der Waals surface area (Å²) in [6.45, 7) is 0.870. The van der Waals surface area contributed by atoms with Gasteiger partial charge in [0.2, 0.25) is 0 Å². The molecule has 1 saturated heterocycles. The fourth-order valence-corrected chi connectivity index (χ4v) is 3.72. The highest BCUT2D eigenvalue weighted by molar-refractivity contribution is 6.46. The molecule has 1 aliphatic rings. The molecule has 2 aromatic rings. The lowest BCUT2D eigenvalue weighted by molar-refractivity contribution is -0.140. The van der Waals surface area contributed by atoms with Crippen LogP contribution in [-0.2, 0) is 9.59 Å². The molecule has 2 aromatic carbocycles. The number of hydrogen-bond donors (Lipinski definition) is 1. The maximum atomic E-state index is 13.1. The predicted molar refractivity (Wildman–Crippen MR) is 120 cm³/mol. The Bertz CT molecular complexity index is 1050. The van der Waals surface area contributed by atoms with Crippen molar-refractivity contribution in [2.45, 2.75) is 6.04 Å². The van der Waals surface area contributed by atoms with Gasteiger partial charge in [-0.05, 0) is 43.9 Å². The molecule has 32 heavy (non-hydrogen) atoms. The van der Waals surface area contributed by atoms with Crippen molar-refractivity contribution >= 4 is 17.4 Å². The van der Waals surface area contributed by atoms with Crippen LogP contribution in [0.1, 0.15) is 17.2 Å². The highest BCUT2D eigenvalue weighted by Crippen LogP contribution is 2.42. The van der Waals surface area contributed by atoms with Crippen molar-refractivity contribution in [1.29, 1.82) is 0 Å². The number of amides is 1. The number of likely N-dealkylation sites (N-methyl/N-ethyl adjacent to an activating group) is 1. The van der Waals surface area contributed by atoms with Crippen LogP contribution in [0.3, 0.4) is 0 Å².